The molecule has 2 aliphatic rings. The van der Waals surface area contributed by atoms with Crippen LogP contribution in [-0.2, 0) is 0 Å². The molecule has 2 aliphatic heterocycles. The molecular weight excluding hydrogens is 284 g/mol. The van der Waals surface area contributed by atoms with Crippen molar-refractivity contribution in [3.8, 4) is 0 Å². The van der Waals surface area contributed by atoms with Crippen molar-refractivity contribution >= 4 is 11.6 Å². The predicted molar refractivity (Wildman–Crippen MR) is 92.5 cm³/mol. The molecule has 0 bridgehead atoms. The second kappa shape index (κ2) is 6.07. The summed E-state index contributed by atoms with van der Waals surface area (Å²) in [5.74, 6) is 0.666. The standard InChI is InChI=1S/C20H22N2O/c23-20(15-8-2-1-3-9-15)22-13-7-6-10-16-14-21-18-12-5-4-11-17(18)19(16)22/h1-5,8-9,11-12,16,19,21H,6-7,10,13-14H2/t16-,19-/m0/s1. The molecule has 2 aromatic carbocycles. The lowest BCUT2D eigenvalue weighted by molar-refractivity contribution is 0.0629. The summed E-state index contributed by atoms with van der Waals surface area (Å²) in [5, 5.41) is 3.55. The van der Waals surface area contributed by atoms with Gasteiger partial charge in [-0.3, -0.25) is 4.79 Å². The number of benzene rings is 2. The fourth-order valence-corrected chi connectivity index (χ4v) is 4.01. The lowest BCUT2D eigenvalue weighted by Crippen LogP contribution is -2.42. The second-order valence-corrected chi connectivity index (χ2v) is 6.53. The molecule has 1 saturated heterocycles. The third-order valence-electron chi connectivity index (χ3n) is 5.12. The van der Waals surface area contributed by atoms with E-state index in [9.17, 15) is 4.79 Å². The molecule has 0 radical (unpaired) electrons. The van der Waals surface area contributed by atoms with Gasteiger partial charge in [-0.25, -0.2) is 0 Å². The number of amides is 1. The van der Waals surface area contributed by atoms with E-state index in [4.69, 9.17) is 0 Å². The topological polar surface area (TPSA) is 32.3 Å². The van der Waals surface area contributed by atoms with Gasteiger partial charge in [0, 0.05) is 30.3 Å². The number of rotatable bonds is 1. The van der Waals surface area contributed by atoms with E-state index in [1.807, 2.05) is 30.3 Å². The minimum atomic E-state index is 0.166. The van der Waals surface area contributed by atoms with E-state index < -0.39 is 0 Å². The number of hydrogen-bond acceptors (Lipinski definition) is 2. The van der Waals surface area contributed by atoms with Gasteiger partial charge in [-0.1, -0.05) is 42.8 Å². The van der Waals surface area contributed by atoms with E-state index in [1.54, 1.807) is 0 Å². The maximum absolute atomic E-state index is 13.1. The van der Waals surface area contributed by atoms with Crippen LogP contribution in [-0.4, -0.2) is 23.9 Å². The molecule has 2 heterocycles. The van der Waals surface area contributed by atoms with Gasteiger partial charge in [-0.05, 0) is 36.6 Å². The van der Waals surface area contributed by atoms with Gasteiger partial charge >= 0.3 is 0 Å². The first-order valence-electron chi connectivity index (χ1n) is 8.53. The first-order chi connectivity index (χ1) is 11.3. The molecule has 118 valence electrons. The van der Waals surface area contributed by atoms with Crippen LogP contribution in [0.25, 0.3) is 0 Å². The van der Waals surface area contributed by atoms with E-state index in [-0.39, 0.29) is 11.9 Å². The summed E-state index contributed by atoms with van der Waals surface area (Å²) in [6, 6.07) is 18.3. The normalized spacial score (nSPS) is 23.2. The van der Waals surface area contributed by atoms with Gasteiger partial charge in [-0.15, -0.1) is 0 Å². The number of para-hydroxylation sites is 1. The van der Waals surface area contributed by atoms with Crippen LogP contribution in [0.1, 0.15) is 41.2 Å². The third-order valence-corrected chi connectivity index (χ3v) is 5.12. The molecule has 3 nitrogen and oxygen atoms in total. The first-order valence-corrected chi connectivity index (χ1v) is 8.53. The summed E-state index contributed by atoms with van der Waals surface area (Å²) in [4.78, 5) is 15.2. The van der Waals surface area contributed by atoms with Crippen LogP contribution in [0.3, 0.4) is 0 Å². The van der Waals surface area contributed by atoms with Crippen molar-refractivity contribution in [2.45, 2.75) is 25.3 Å². The highest BCUT2D eigenvalue weighted by Crippen LogP contribution is 2.42. The minimum absolute atomic E-state index is 0.166. The Kier molecular flexibility index (Phi) is 3.78. The van der Waals surface area contributed by atoms with Gasteiger partial charge in [0.2, 0.25) is 0 Å². The van der Waals surface area contributed by atoms with Crippen LogP contribution in [0.4, 0.5) is 5.69 Å². The Hall–Kier alpha value is -2.29. The Morgan fingerprint density at radius 2 is 1.78 bits per heavy atom. The number of carbonyl (C=O) groups is 1. The SMILES string of the molecule is O=C(c1ccccc1)N1CCCC[C@H]2CNc3ccccc3[C@H]21. The Morgan fingerprint density at radius 1 is 1.00 bits per heavy atom. The number of carbonyl (C=O) groups excluding carboxylic acids is 1. The summed E-state index contributed by atoms with van der Waals surface area (Å²) in [6.45, 7) is 1.81. The molecule has 0 saturated carbocycles. The number of fused-ring (bicyclic) bond motifs is 3. The first kappa shape index (κ1) is 14.3. The summed E-state index contributed by atoms with van der Waals surface area (Å²) in [5.41, 5.74) is 3.25. The Morgan fingerprint density at radius 3 is 2.65 bits per heavy atom. The van der Waals surface area contributed by atoms with Crippen LogP contribution in [0, 0.1) is 5.92 Å². The van der Waals surface area contributed by atoms with Gasteiger partial charge in [0.05, 0.1) is 6.04 Å². The van der Waals surface area contributed by atoms with E-state index in [2.05, 4.69) is 34.5 Å². The average Bonchev–Trinajstić information content (AvgIpc) is 2.84. The van der Waals surface area contributed by atoms with Crippen molar-refractivity contribution < 1.29 is 4.79 Å². The van der Waals surface area contributed by atoms with Crippen molar-refractivity contribution in [1.29, 1.82) is 0 Å². The molecule has 2 aromatic rings. The zero-order valence-corrected chi connectivity index (χ0v) is 13.2. The van der Waals surface area contributed by atoms with E-state index in [1.165, 1.54) is 24.1 Å². The fraction of sp³-hybridized carbons (Fsp3) is 0.350. The number of anilines is 1. The molecule has 0 aliphatic carbocycles. The molecular formula is C20H22N2O. The summed E-state index contributed by atoms with van der Waals surface area (Å²) < 4.78 is 0. The van der Waals surface area contributed by atoms with Gasteiger partial charge in [0.25, 0.3) is 5.91 Å². The summed E-state index contributed by atoms with van der Waals surface area (Å²) >= 11 is 0. The largest absolute Gasteiger partial charge is 0.384 e. The van der Waals surface area contributed by atoms with Gasteiger partial charge in [0.1, 0.15) is 0 Å². The van der Waals surface area contributed by atoms with E-state index >= 15 is 0 Å². The average molecular weight is 306 g/mol. The van der Waals surface area contributed by atoms with Crippen molar-refractivity contribution in [3.05, 3.63) is 65.7 Å². The van der Waals surface area contributed by atoms with Crippen LogP contribution in [0.2, 0.25) is 0 Å². The number of likely N-dealkylation sites (tertiary alicyclic amines) is 1. The maximum Gasteiger partial charge on any atom is 0.254 e. The molecule has 0 unspecified atom stereocenters. The lowest BCUT2D eigenvalue weighted by Gasteiger charge is -2.40. The number of nitrogens with zero attached hydrogens (tertiary/aromatic N) is 1. The monoisotopic (exact) mass is 306 g/mol. The fourth-order valence-electron chi connectivity index (χ4n) is 4.01. The van der Waals surface area contributed by atoms with Crippen LogP contribution < -0.4 is 5.32 Å². The highest BCUT2D eigenvalue weighted by molar-refractivity contribution is 5.94. The molecule has 1 fully saturated rings. The van der Waals surface area contributed by atoms with Crippen LogP contribution in [0.15, 0.2) is 54.6 Å². The van der Waals surface area contributed by atoms with Crippen molar-refractivity contribution in [1.82, 2.24) is 4.90 Å². The quantitative estimate of drug-likeness (QED) is 0.860. The predicted octanol–water partition coefficient (Wildman–Crippen LogP) is 4.10. The number of nitrogens with one attached hydrogen (secondary N) is 1. The molecule has 4 rings (SSSR count). The zero-order chi connectivity index (χ0) is 15.6. The van der Waals surface area contributed by atoms with Crippen LogP contribution >= 0.6 is 0 Å². The van der Waals surface area contributed by atoms with Gasteiger partial charge in [-0.2, -0.15) is 0 Å². The van der Waals surface area contributed by atoms with Gasteiger partial charge < -0.3 is 10.2 Å². The highest BCUT2D eigenvalue weighted by Gasteiger charge is 2.37. The molecule has 0 spiro atoms. The molecule has 3 heteroatoms. The number of hydrogen-bond donors (Lipinski definition) is 1. The molecule has 0 aromatic heterocycles. The Bertz CT molecular complexity index is 698. The smallest absolute Gasteiger partial charge is 0.254 e. The molecule has 23 heavy (non-hydrogen) atoms. The van der Waals surface area contributed by atoms with E-state index in [0.717, 1.165) is 25.1 Å². The van der Waals surface area contributed by atoms with E-state index in [0.29, 0.717) is 5.92 Å². The zero-order valence-electron chi connectivity index (χ0n) is 13.2. The Labute approximate surface area is 137 Å². The lowest BCUT2D eigenvalue weighted by atomic mass is 9.85. The maximum atomic E-state index is 13.1. The molecule has 1 N–H and O–H groups in total. The second-order valence-electron chi connectivity index (χ2n) is 6.53. The summed E-state index contributed by atoms with van der Waals surface area (Å²) in [7, 11) is 0. The third kappa shape index (κ3) is 2.61. The molecule has 2 atom stereocenters. The van der Waals surface area contributed by atoms with Crippen molar-refractivity contribution in [2.75, 3.05) is 18.4 Å². The minimum Gasteiger partial charge on any atom is -0.384 e. The Balaban J connectivity index is 1.75. The summed E-state index contributed by atoms with van der Waals surface area (Å²) in [6.07, 6.45) is 3.47. The van der Waals surface area contributed by atoms with Gasteiger partial charge in [0.15, 0.2) is 0 Å². The van der Waals surface area contributed by atoms with Crippen LogP contribution in [0.5, 0.6) is 0 Å². The highest BCUT2D eigenvalue weighted by atomic mass is 16.2. The van der Waals surface area contributed by atoms with Crippen molar-refractivity contribution in [2.24, 2.45) is 5.92 Å². The molecule has 1 amide bonds. The van der Waals surface area contributed by atoms with Crippen molar-refractivity contribution in [3.63, 3.8) is 0 Å².